The van der Waals surface area contributed by atoms with Crippen LogP contribution in [0.5, 0.6) is 5.75 Å². The number of phosphoric ester groups is 1. The van der Waals surface area contributed by atoms with Crippen molar-refractivity contribution in [2.45, 2.75) is 117 Å². The molecule has 8 heteroatoms. The van der Waals surface area contributed by atoms with Gasteiger partial charge in [-0.1, -0.05) is 90.2 Å². The summed E-state index contributed by atoms with van der Waals surface area (Å²) in [7, 11) is -2.21. The lowest BCUT2D eigenvalue weighted by Gasteiger charge is -2.19. The highest BCUT2D eigenvalue weighted by Gasteiger charge is 2.24. The molecule has 39 heavy (non-hydrogen) atoms. The Bertz CT molecular complexity index is 790. The molecule has 7 nitrogen and oxygen atoms in total. The first kappa shape index (κ1) is 35.8. The summed E-state index contributed by atoms with van der Waals surface area (Å²) in [6.07, 6.45) is 17.2. The molecule has 0 amide bonds. The van der Waals surface area contributed by atoms with Gasteiger partial charge in [-0.2, -0.15) is 0 Å². The first-order valence-corrected chi connectivity index (χ1v) is 17.0. The van der Waals surface area contributed by atoms with E-state index in [1.807, 2.05) is 43.6 Å². The van der Waals surface area contributed by atoms with Crippen LogP contribution in [0, 0.1) is 5.92 Å². The van der Waals surface area contributed by atoms with E-state index in [9.17, 15) is 14.3 Å². The van der Waals surface area contributed by atoms with E-state index < -0.39 is 7.82 Å². The van der Waals surface area contributed by atoms with Crippen LogP contribution in [0.1, 0.15) is 116 Å². The zero-order chi connectivity index (χ0) is 28.6. The highest BCUT2D eigenvalue weighted by Crippen LogP contribution is 2.44. The van der Waals surface area contributed by atoms with Crippen molar-refractivity contribution in [3.05, 3.63) is 29.8 Å². The number of quaternary nitrogens is 1. The maximum atomic E-state index is 12.4. The van der Waals surface area contributed by atoms with Gasteiger partial charge in [0, 0.05) is 19.3 Å². The maximum Gasteiger partial charge on any atom is 0.472 e. The first-order chi connectivity index (χ1) is 18.9. The number of phosphoric acid groups is 1. The standard InChI is InChI=1S/C31H56NO6P/c1-4-6-7-8-9-10-11-12-13-14-15-22-36-31-20-16-19-28(26-31)24-29(25-30(33)18-5-2)27-38-39(34,35)37-23-17-21-32-3/h16,19-20,26,29,32H,4-15,17-18,21-25,27H2,1-3H3,(H,34,35)/p+1. The van der Waals surface area contributed by atoms with Crippen LogP contribution >= 0.6 is 7.82 Å². The molecule has 0 bridgehead atoms. The van der Waals surface area contributed by atoms with Crippen LogP contribution in [0.15, 0.2) is 24.3 Å². The molecule has 0 aromatic heterocycles. The van der Waals surface area contributed by atoms with Crippen LogP contribution < -0.4 is 10.1 Å². The second kappa shape index (κ2) is 23.5. The highest BCUT2D eigenvalue weighted by atomic mass is 31.2. The van der Waals surface area contributed by atoms with Gasteiger partial charge in [0.05, 0.1) is 33.4 Å². The molecule has 3 N–H and O–H groups in total. The SMILES string of the molecule is CCCCCCCCCCCCCOc1cccc(CC(COP(=O)(O)OCCC[NH2+]C)CC(=O)CCC)c1. The molecule has 226 valence electrons. The van der Waals surface area contributed by atoms with Crippen molar-refractivity contribution in [3.8, 4) is 5.75 Å². The average Bonchev–Trinajstić information content (AvgIpc) is 2.91. The Morgan fingerprint density at radius 2 is 1.56 bits per heavy atom. The molecule has 1 aromatic carbocycles. The number of Topliss-reactive ketones (excluding diaryl/α,β-unsaturated/α-hetero) is 1. The second-order valence-corrected chi connectivity index (χ2v) is 12.2. The van der Waals surface area contributed by atoms with E-state index >= 15 is 0 Å². The van der Waals surface area contributed by atoms with Crippen molar-refractivity contribution in [2.75, 3.05) is 33.4 Å². The number of rotatable bonds is 27. The fraction of sp³-hybridized carbons (Fsp3) is 0.774. The molecule has 1 aromatic rings. The fourth-order valence-electron chi connectivity index (χ4n) is 4.65. The van der Waals surface area contributed by atoms with E-state index in [0.29, 0.717) is 32.3 Å². The van der Waals surface area contributed by atoms with Crippen LogP contribution in [0.2, 0.25) is 0 Å². The number of ketones is 1. The second-order valence-electron chi connectivity index (χ2n) is 10.7. The number of nitrogens with two attached hydrogens (primary N) is 1. The molecule has 0 saturated heterocycles. The molecule has 0 heterocycles. The summed E-state index contributed by atoms with van der Waals surface area (Å²) in [4.78, 5) is 22.4. The Labute approximate surface area is 238 Å². The zero-order valence-electron chi connectivity index (χ0n) is 25.0. The molecule has 0 spiro atoms. The van der Waals surface area contributed by atoms with E-state index in [2.05, 4.69) is 6.92 Å². The third kappa shape index (κ3) is 20.3. The van der Waals surface area contributed by atoms with Crippen molar-refractivity contribution < 1.29 is 33.4 Å². The number of hydrogen-bond donors (Lipinski definition) is 2. The summed E-state index contributed by atoms with van der Waals surface area (Å²) in [5.41, 5.74) is 1.02. The predicted octanol–water partition coefficient (Wildman–Crippen LogP) is 7.01. The number of hydrogen-bond acceptors (Lipinski definition) is 5. The van der Waals surface area contributed by atoms with Gasteiger partial charge in [-0.15, -0.1) is 0 Å². The summed E-state index contributed by atoms with van der Waals surface area (Å²) in [6, 6.07) is 7.93. The van der Waals surface area contributed by atoms with Crippen molar-refractivity contribution in [1.29, 1.82) is 0 Å². The van der Waals surface area contributed by atoms with Gasteiger partial charge in [0.1, 0.15) is 11.5 Å². The quantitative estimate of drug-likeness (QED) is 0.0872. The minimum atomic E-state index is -4.15. The summed E-state index contributed by atoms with van der Waals surface area (Å²) in [6.45, 7) is 5.90. The van der Waals surface area contributed by atoms with E-state index in [-0.39, 0.29) is 24.9 Å². The van der Waals surface area contributed by atoms with Crippen LogP contribution in [0.4, 0.5) is 0 Å². The van der Waals surface area contributed by atoms with Crippen LogP contribution in [-0.4, -0.2) is 44.1 Å². The molecular formula is C31H57NO6P+. The Morgan fingerprint density at radius 1 is 0.897 bits per heavy atom. The third-order valence-corrected chi connectivity index (χ3v) is 7.83. The molecule has 0 saturated carbocycles. The molecular weight excluding hydrogens is 513 g/mol. The van der Waals surface area contributed by atoms with E-state index in [4.69, 9.17) is 13.8 Å². The maximum absolute atomic E-state index is 12.4. The first-order valence-electron chi connectivity index (χ1n) is 15.5. The Balaban J connectivity index is 2.43. The van der Waals surface area contributed by atoms with E-state index in [1.165, 1.54) is 64.2 Å². The average molecular weight is 571 g/mol. The number of benzene rings is 1. The van der Waals surface area contributed by atoms with Crippen LogP contribution in [0.3, 0.4) is 0 Å². The van der Waals surface area contributed by atoms with Gasteiger partial charge < -0.3 is 14.9 Å². The predicted molar refractivity (Wildman–Crippen MR) is 159 cm³/mol. The molecule has 1 rings (SSSR count). The van der Waals surface area contributed by atoms with Crippen LogP contribution in [-0.2, 0) is 24.8 Å². The highest BCUT2D eigenvalue weighted by molar-refractivity contribution is 7.47. The Hall–Kier alpha value is -1.24. The Kier molecular flexibility index (Phi) is 21.5. The molecule has 0 aliphatic rings. The summed E-state index contributed by atoms with van der Waals surface area (Å²) < 4.78 is 28.7. The van der Waals surface area contributed by atoms with E-state index in [0.717, 1.165) is 30.7 Å². The smallest absolute Gasteiger partial charge is 0.472 e. The fourth-order valence-corrected chi connectivity index (χ4v) is 5.48. The monoisotopic (exact) mass is 570 g/mol. The molecule has 2 unspecified atom stereocenters. The normalized spacial score (nSPS) is 13.7. The number of unbranched alkanes of at least 4 members (excludes halogenated alkanes) is 10. The summed E-state index contributed by atoms with van der Waals surface area (Å²) >= 11 is 0. The molecule has 0 radical (unpaired) electrons. The lowest BCUT2D eigenvalue weighted by atomic mass is 9.94. The molecule has 2 atom stereocenters. The van der Waals surface area contributed by atoms with Gasteiger partial charge in [0.2, 0.25) is 0 Å². The molecule has 0 aliphatic carbocycles. The minimum Gasteiger partial charge on any atom is -0.494 e. The van der Waals surface area contributed by atoms with Crippen LogP contribution in [0.25, 0.3) is 0 Å². The third-order valence-electron chi connectivity index (χ3n) is 6.85. The van der Waals surface area contributed by atoms with Gasteiger partial charge in [-0.05, 0) is 42.9 Å². The minimum absolute atomic E-state index is 0.00698. The summed E-state index contributed by atoms with van der Waals surface area (Å²) in [5.74, 6) is 0.754. The molecule has 0 fully saturated rings. The number of carbonyl (C=O) groups is 1. The number of ether oxygens (including phenoxy) is 1. The van der Waals surface area contributed by atoms with Crippen molar-refractivity contribution in [3.63, 3.8) is 0 Å². The lowest BCUT2D eigenvalue weighted by molar-refractivity contribution is -0.627. The topological polar surface area (TPSA) is 98.7 Å². The van der Waals surface area contributed by atoms with E-state index in [1.54, 1.807) is 0 Å². The lowest BCUT2D eigenvalue weighted by Crippen LogP contribution is -2.79. The van der Waals surface area contributed by atoms with Crippen molar-refractivity contribution in [2.24, 2.45) is 5.92 Å². The Morgan fingerprint density at radius 3 is 2.21 bits per heavy atom. The zero-order valence-corrected chi connectivity index (χ0v) is 25.9. The molecule has 0 aliphatic heterocycles. The van der Waals surface area contributed by atoms with Gasteiger partial charge >= 0.3 is 7.82 Å². The summed E-state index contributed by atoms with van der Waals surface area (Å²) in [5, 5.41) is 1.98. The van der Waals surface area contributed by atoms with Gasteiger partial charge in [0.15, 0.2) is 0 Å². The van der Waals surface area contributed by atoms with Gasteiger partial charge in [-0.3, -0.25) is 13.8 Å². The van der Waals surface area contributed by atoms with Crippen molar-refractivity contribution in [1.82, 2.24) is 0 Å². The van der Waals surface area contributed by atoms with Gasteiger partial charge in [0.25, 0.3) is 0 Å². The van der Waals surface area contributed by atoms with Gasteiger partial charge in [-0.25, -0.2) is 4.57 Å². The largest absolute Gasteiger partial charge is 0.494 e. The van der Waals surface area contributed by atoms with Crippen molar-refractivity contribution >= 4 is 13.6 Å². The number of carbonyl (C=O) groups excluding carboxylic acids is 1.